The monoisotopic (exact) mass is 285 g/mol. The Morgan fingerprint density at radius 3 is 2.30 bits per heavy atom. The first-order chi connectivity index (χ1) is 9.63. The van der Waals surface area contributed by atoms with E-state index >= 15 is 0 Å². The molecule has 0 bridgehead atoms. The minimum absolute atomic E-state index is 0.594. The first kappa shape index (κ1) is 15.0. The number of nitrogens with one attached hydrogen (secondary N) is 1. The molecule has 1 atom stereocenters. The van der Waals surface area contributed by atoms with Gasteiger partial charge in [-0.15, -0.1) is 0 Å². The summed E-state index contributed by atoms with van der Waals surface area (Å²) in [7, 11) is 0. The van der Waals surface area contributed by atoms with Crippen molar-refractivity contribution in [1.82, 2.24) is 0 Å². The van der Waals surface area contributed by atoms with Crippen molar-refractivity contribution in [3.63, 3.8) is 0 Å². The van der Waals surface area contributed by atoms with E-state index in [2.05, 4.69) is 68.6 Å². The molecule has 0 aliphatic rings. The second-order valence-electron chi connectivity index (χ2n) is 5.36. The molecule has 0 aliphatic carbocycles. The summed E-state index contributed by atoms with van der Waals surface area (Å²) in [6, 6.07) is 17.2. The zero-order chi connectivity index (χ0) is 14.4. The summed E-state index contributed by atoms with van der Waals surface area (Å²) in [5.41, 5.74) is 5.34. The molecule has 0 saturated heterocycles. The number of hydrogen-bond donors (Lipinski definition) is 1. The molecule has 2 aromatic rings. The number of para-hydroxylation sites is 1. The topological polar surface area (TPSA) is 12.0 Å². The van der Waals surface area contributed by atoms with Crippen molar-refractivity contribution in [2.45, 2.75) is 31.8 Å². The van der Waals surface area contributed by atoms with Crippen LogP contribution in [0.15, 0.2) is 48.5 Å². The molecular formula is C18H23NS. The van der Waals surface area contributed by atoms with E-state index in [0.29, 0.717) is 5.25 Å². The fourth-order valence-electron chi connectivity index (χ4n) is 2.27. The predicted octanol–water partition coefficient (Wildman–Crippen LogP) is 5.04. The fraction of sp³-hybridized carbons (Fsp3) is 0.333. The lowest BCUT2D eigenvalue weighted by atomic mass is 10.1. The Hall–Kier alpha value is -1.41. The van der Waals surface area contributed by atoms with Crippen LogP contribution in [0.25, 0.3) is 0 Å². The third-order valence-corrected chi connectivity index (χ3v) is 4.42. The highest BCUT2D eigenvalue weighted by atomic mass is 32.2. The Labute approximate surface area is 126 Å². The van der Waals surface area contributed by atoms with Gasteiger partial charge in [0, 0.05) is 23.2 Å². The largest absolute Gasteiger partial charge is 0.384 e. The van der Waals surface area contributed by atoms with Crippen molar-refractivity contribution < 1.29 is 0 Å². The summed E-state index contributed by atoms with van der Waals surface area (Å²) < 4.78 is 0. The Kier molecular flexibility index (Phi) is 5.54. The third kappa shape index (κ3) is 4.93. The van der Waals surface area contributed by atoms with Gasteiger partial charge in [-0.1, -0.05) is 54.4 Å². The van der Waals surface area contributed by atoms with E-state index < -0.39 is 0 Å². The van der Waals surface area contributed by atoms with Gasteiger partial charge in [0.25, 0.3) is 0 Å². The molecule has 0 fully saturated rings. The van der Waals surface area contributed by atoms with Crippen molar-refractivity contribution in [1.29, 1.82) is 0 Å². The molecule has 0 spiro atoms. The van der Waals surface area contributed by atoms with Crippen molar-refractivity contribution in [3.05, 3.63) is 65.2 Å². The quantitative estimate of drug-likeness (QED) is 0.798. The van der Waals surface area contributed by atoms with Crippen molar-refractivity contribution in [3.8, 4) is 0 Å². The van der Waals surface area contributed by atoms with Crippen LogP contribution in [0.1, 0.15) is 23.6 Å². The Bertz CT molecular complexity index is 516. The summed E-state index contributed by atoms with van der Waals surface area (Å²) in [5.74, 6) is 1.08. The highest BCUT2D eigenvalue weighted by molar-refractivity contribution is 7.99. The first-order valence-electron chi connectivity index (χ1n) is 7.11. The SMILES string of the molecule is Cc1cc(C)cc(CSC(C)CNc2ccccc2)c1. The van der Waals surface area contributed by atoms with E-state index in [1.165, 1.54) is 22.4 Å². The Morgan fingerprint density at radius 2 is 1.65 bits per heavy atom. The molecule has 0 aliphatic heterocycles. The highest BCUT2D eigenvalue weighted by Crippen LogP contribution is 2.20. The summed E-state index contributed by atoms with van der Waals surface area (Å²) in [6.07, 6.45) is 0. The van der Waals surface area contributed by atoms with Gasteiger partial charge < -0.3 is 5.32 Å². The fourth-order valence-corrected chi connectivity index (χ4v) is 3.11. The molecule has 0 heterocycles. The van der Waals surface area contributed by atoms with Crippen molar-refractivity contribution in [2.75, 3.05) is 11.9 Å². The van der Waals surface area contributed by atoms with Crippen molar-refractivity contribution >= 4 is 17.4 Å². The van der Waals surface area contributed by atoms with Gasteiger partial charge in [0.15, 0.2) is 0 Å². The second-order valence-corrected chi connectivity index (χ2v) is 6.79. The smallest absolute Gasteiger partial charge is 0.0340 e. The molecule has 106 valence electrons. The van der Waals surface area contributed by atoms with Crippen LogP contribution in [0.5, 0.6) is 0 Å². The van der Waals surface area contributed by atoms with Gasteiger partial charge in [0.05, 0.1) is 0 Å². The normalized spacial score (nSPS) is 12.2. The number of thioether (sulfide) groups is 1. The summed E-state index contributed by atoms with van der Waals surface area (Å²) in [4.78, 5) is 0. The molecule has 2 rings (SSSR count). The lowest BCUT2D eigenvalue weighted by Gasteiger charge is -2.14. The third-order valence-electron chi connectivity index (χ3n) is 3.18. The molecule has 2 aromatic carbocycles. The van der Waals surface area contributed by atoms with Crippen LogP contribution in [0.4, 0.5) is 5.69 Å². The van der Waals surface area contributed by atoms with Crippen LogP contribution in [0, 0.1) is 13.8 Å². The highest BCUT2D eigenvalue weighted by Gasteiger charge is 2.04. The van der Waals surface area contributed by atoms with Crippen LogP contribution in [0.2, 0.25) is 0 Å². The standard InChI is InChI=1S/C18H23NS/c1-14-9-15(2)11-17(10-14)13-20-16(3)12-19-18-7-5-4-6-8-18/h4-11,16,19H,12-13H2,1-3H3. The number of rotatable bonds is 6. The molecule has 20 heavy (non-hydrogen) atoms. The molecule has 1 N–H and O–H groups in total. The second kappa shape index (κ2) is 7.39. The van der Waals surface area contributed by atoms with E-state index in [4.69, 9.17) is 0 Å². The molecule has 0 amide bonds. The average molecular weight is 285 g/mol. The number of benzene rings is 2. The first-order valence-corrected chi connectivity index (χ1v) is 8.16. The van der Waals surface area contributed by atoms with Crippen LogP contribution in [-0.2, 0) is 5.75 Å². The van der Waals surface area contributed by atoms with Crippen LogP contribution >= 0.6 is 11.8 Å². The van der Waals surface area contributed by atoms with Gasteiger partial charge in [0.1, 0.15) is 0 Å². The van der Waals surface area contributed by atoms with Crippen molar-refractivity contribution in [2.24, 2.45) is 0 Å². The maximum absolute atomic E-state index is 3.48. The number of aryl methyl sites for hydroxylation is 2. The van der Waals surface area contributed by atoms with Gasteiger partial charge in [-0.05, 0) is 31.5 Å². The lowest BCUT2D eigenvalue weighted by molar-refractivity contribution is 0.998. The molecular weight excluding hydrogens is 262 g/mol. The minimum Gasteiger partial charge on any atom is -0.384 e. The molecule has 1 nitrogen and oxygen atoms in total. The van der Waals surface area contributed by atoms with E-state index in [-0.39, 0.29) is 0 Å². The van der Waals surface area contributed by atoms with Gasteiger partial charge in [-0.3, -0.25) is 0 Å². The summed E-state index contributed by atoms with van der Waals surface area (Å²) in [5, 5.41) is 4.08. The Balaban J connectivity index is 1.78. The van der Waals surface area contributed by atoms with Crippen LogP contribution in [0.3, 0.4) is 0 Å². The molecule has 2 heteroatoms. The maximum atomic E-state index is 3.48. The predicted molar refractivity (Wildman–Crippen MR) is 91.6 cm³/mol. The number of hydrogen-bond acceptors (Lipinski definition) is 2. The lowest BCUT2D eigenvalue weighted by Crippen LogP contribution is -2.13. The number of anilines is 1. The molecule has 0 aromatic heterocycles. The maximum Gasteiger partial charge on any atom is 0.0340 e. The van der Waals surface area contributed by atoms with Gasteiger partial charge >= 0.3 is 0 Å². The van der Waals surface area contributed by atoms with E-state index in [0.717, 1.165) is 12.3 Å². The average Bonchev–Trinajstić information content (AvgIpc) is 2.43. The van der Waals surface area contributed by atoms with Crippen LogP contribution < -0.4 is 5.32 Å². The zero-order valence-electron chi connectivity index (χ0n) is 12.5. The van der Waals surface area contributed by atoms with Gasteiger partial charge in [-0.2, -0.15) is 11.8 Å². The van der Waals surface area contributed by atoms with Crippen LogP contribution in [-0.4, -0.2) is 11.8 Å². The molecule has 1 unspecified atom stereocenters. The van der Waals surface area contributed by atoms with E-state index in [9.17, 15) is 0 Å². The zero-order valence-corrected chi connectivity index (χ0v) is 13.3. The van der Waals surface area contributed by atoms with Gasteiger partial charge in [0.2, 0.25) is 0 Å². The molecule has 0 radical (unpaired) electrons. The van der Waals surface area contributed by atoms with E-state index in [1.807, 2.05) is 17.8 Å². The molecule has 0 saturated carbocycles. The minimum atomic E-state index is 0.594. The summed E-state index contributed by atoms with van der Waals surface area (Å²) in [6.45, 7) is 7.62. The van der Waals surface area contributed by atoms with Gasteiger partial charge in [-0.25, -0.2) is 0 Å². The summed E-state index contributed by atoms with van der Waals surface area (Å²) >= 11 is 2.00. The van der Waals surface area contributed by atoms with E-state index in [1.54, 1.807) is 0 Å². The Morgan fingerprint density at radius 1 is 1.00 bits per heavy atom.